The van der Waals surface area contributed by atoms with E-state index in [-0.39, 0.29) is 5.92 Å². The van der Waals surface area contributed by atoms with Crippen LogP contribution in [0.1, 0.15) is 26.2 Å². The molecule has 102 valence electrons. The Morgan fingerprint density at radius 1 is 1.39 bits per heavy atom. The van der Waals surface area contributed by atoms with Gasteiger partial charge in [-0.05, 0) is 26.2 Å². The van der Waals surface area contributed by atoms with Crippen LogP contribution in [0.3, 0.4) is 0 Å². The van der Waals surface area contributed by atoms with Crippen LogP contribution < -0.4 is 11.5 Å². The lowest BCUT2D eigenvalue weighted by Gasteiger charge is -2.12. The molecule has 0 fully saturated rings. The predicted molar refractivity (Wildman–Crippen MR) is 65.6 cm³/mol. The van der Waals surface area contributed by atoms with E-state index in [1.807, 2.05) is 13.0 Å². The normalized spacial score (nSPS) is 20.8. The number of ether oxygens (including phenoxy) is 1. The molecule has 0 aromatic heterocycles. The number of rotatable bonds is 8. The van der Waals surface area contributed by atoms with Crippen molar-refractivity contribution in [2.24, 2.45) is 17.4 Å². The third-order valence-electron chi connectivity index (χ3n) is 3.00. The molecule has 0 spiro atoms. The Morgan fingerprint density at radius 3 is 2.44 bits per heavy atom. The third-order valence-corrected chi connectivity index (χ3v) is 3.00. The topological polar surface area (TPSA) is 116 Å². The van der Waals surface area contributed by atoms with Crippen molar-refractivity contribution in [2.75, 3.05) is 6.61 Å². The predicted octanol–water partition coefficient (Wildman–Crippen LogP) is 0.0152. The summed E-state index contributed by atoms with van der Waals surface area (Å²) < 4.78 is 5.04. The molecule has 1 aliphatic rings. The Labute approximate surface area is 106 Å². The van der Waals surface area contributed by atoms with Gasteiger partial charge in [0.25, 0.3) is 0 Å². The zero-order valence-corrected chi connectivity index (χ0v) is 10.5. The SMILES string of the molecule is CC1=CC1COC(=O)C(N)CCC[C@H](N)C(=O)O. The van der Waals surface area contributed by atoms with Gasteiger partial charge in [-0.15, -0.1) is 0 Å². The number of esters is 1. The summed E-state index contributed by atoms with van der Waals surface area (Å²) in [6.07, 6.45) is 3.20. The fourth-order valence-electron chi connectivity index (χ4n) is 1.53. The number of aliphatic carboxylic acids is 1. The maximum Gasteiger partial charge on any atom is 0.322 e. The molecule has 0 saturated carbocycles. The highest BCUT2D eigenvalue weighted by atomic mass is 16.5. The van der Waals surface area contributed by atoms with Gasteiger partial charge in [0, 0.05) is 5.92 Å². The summed E-state index contributed by atoms with van der Waals surface area (Å²) in [6.45, 7) is 2.33. The Kier molecular flexibility index (Phi) is 5.30. The minimum absolute atomic E-state index is 0.279. The average molecular weight is 256 g/mol. The molecular formula is C12H20N2O4. The molecule has 0 radical (unpaired) electrons. The zero-order valence-electron chi connectivity index (χ0n) is 10.5. The van der Waals surface area contributed by atoms with Crippen molar-refractivity contribution in [1.82, 2.24) is 0 Å². The number of hydrogen-bond acceptors (Lipinski definition) is 5. The third kappa shape index (κ3) is 4.85. The van der Waals surface area contributed by atoms with Crippen LogP contribution in [0.2, 0.25) is 0 Å². The number of hydrogen-bond donors (Lipinski definition) is 3. The van der Waals surface area contributed by atoms with Crippen molar-refractivity contribution in [3.05, 3.63) is 11.6 Å². The van der Waals surface area contributed by atoms with Crippen LogP contribution in [0.5, 0.6) is 0 Å². The molecule has 1 aliphatic carbocycles. The maximum atomic E-state index is 11.5. The quantitative estimate of drug-likeness (QED) is 0.416. The van der Waals surface area contributed by atoms with Crippen molar-refractivity contribution in [2.45, 2.75) is 38.3 Å². The molecular weight excluding hydrogens is 236 g/mol. The van der Waals surface area contributed by atoms with Crippen LogP contribution in [0.25, 0.3) is 0 Å². The van der Waals surface area contributed by atoms with Crippen molar-refractivity contribution in [1.29, 1.82) is 0 Å². The van der Waals surface area contributed by atoms with Gasteiger partial charge in [-0.25, -0.2) is 0 Å². The second-order valence-corrected chi connectivity index (χ2v) is 4.63. The molecule has 3 atom stereocenters. The standard InChI is InChI=1S/C12H20N2O4/c1-7-5-8(7)6-18-12(17)10(14)4-2-3-9(13)11(15)16/h5,8-10H,2-4,6,13-14H2,1H3,(H,15,16)/t8?,9-,10?/m0/s1. The highest BCUT2D eigenvalue weighted by Gasteiger charge is 2.23. The fourth-order valence-corrected chi connectivity index (χ4v) is 1.53. The Morgan fingerprint density at radius 2 is 1.94 bits per heavy atom. The van der Waals surface area contributed by atoms with Crippen LogP contribution in [0.15, 0.2) is 11.6 Å². The average Bonchev–Trinajstić information content (AvgIpc) is 3.01. The first kappa shape index (κ1) is 14.7. The van der Waals surface area contributed by atoms with Gasteiger partial charge in [0.2, 0.25) is 0 Å². The van der Waals surface area contributed by atoms with Gasteiger partial charge in [-0.2, -0.15) is 0 Å². The fraction of sp³-hybridized carbons (Fsp3) is 0.667. The van der Waals surface area contributed by atoms with Crippen molar-refractivity contribution < 1.29 is 19.4 Å². The van der Waals surface area contributed by atoms with Gasteiger partial charge in [0.1, 0.15) is 18.7 Å². The summed E-state index contributed by atoms with van der Waals surface area (Å²) in [5.74, 6) is -1.20. The first-order valence-electron chi connectivity index (χ1n) is 6.00. The van der Waals surface area contributed by atoms with E-state index in [2.05, 4.69) is 0 Å². The lowest BCUT2D eigenvalue weighted by atomic mass is 10.1. The summed E-state index contributed by atoms with van der Waals surface area (Å²) in [5.41, 5.74) is 12.2. The molecule has 0 heterocycles. The first-order valence-corrected chi connectivity index (χ1v) is 6.00. The van der Waals surface area contributed by atoms with Gasteiger partial charge in [-0.1, -0.05) is 11.6 Å². The lowest BCUT2D eigenvalue weighted by Crippen LogP contribution is -2.34. The van der Waals surface area contributed by atoms with Crippen molar-refractivity contribution >= 4 is 11.9 Å². The van der Waals surface area contributed by atoms with Crippen LogP contribution >= 0.6 is 0 Å². The molecule has 6 heteroatoms. The number of carboxylic acid groups (broad SMARTS) is 1. The van der Waals surface area contributed by atoms with E-state index < -0.39 is 24.0 Å². The molecule has 18 heavy (non-hydrogen) atoms. The molecule has 5 N–H and O–H groups in total. The lowest BCUT2D eigenvalue weighted by molar-refractivity contribution is -0.145. The van der Waals surface area contributed by atoms with E-state index in [1.54, 1.807) is 0 Å². The van der Waals surface area contributed by atoms with E-state index in [1.165, 1.54) is 5.57 Å². The van der Waals surface area contributed by atoms with Crippen molar-refractivity contribution in [3.8, 4) is 0 Å². The molecule has 2 unspecified atom stereocenters. The Balaban J connectivity index is 2.09. The van der Waals surface area contributed by atoms with Crippen molar-refractivity contribution in [3.63, 3.8) is 0 Å². The van der Waals surface area contributed by atoms with Gasteiger partial charge < -0.3 is 21.3 Å². The van der Waals surface area contributed by atoms with Crippen LogP contribution in [-0.2, 0) is 14.3 Å². The van der Waals surface area contributed by atoms with E-state index >= 15 is 0 Å². The molecule has 0 saturated heterocycles. The summed E-state index contributed by atoms with van der Waals surface area (Å²) in [7, 11) is 0. The maximum absolute atomic E-state index is 11.5. The van der Waals surface area contributed by atoms with E-state index in [0.29, 0.717) is 25.9 Å². The largest absolute Gasteiger partial charge is 0.480 e. The number of nitrogens with two attached hydrogens (primary N) is 2. The minimum atomic E-state index is -1.04. The second-order valence-electron chi connectivity index (χ2n) is 4.63. The molecule has 1 rings (SSSR count). The summed E-state index contributed by atoms with van der Waals surface area (Å²) in [5, 5.41) is 8.58. The van der Waals surface area contributed by atoms with Gasteiger partial charge in [0.15, 0.2) is 0 Å². The highest BCUT2D eigenvalue weighted by molar-refractivity contribution is 5.75. The van der Waals surface area contributed by atoms with Gasteiger partial charge in [0.05, 0.1) is 0 Å². The zero-order chi connectivity index (χ0) is 13.7. The molecule has 0 aromatic rings. The smallest absolute Gasteiger partial charge is 0.322 e. The minimum Gasteiger partial charge on any atom is -0.480 e. The molecule has 0 aliphatic heterocycles. The van der Waals surface area contributed by atoms with Crippen LogP contribution in [0, 0.1) is 5.92 Å². The molecule has 0 aromatic carbocycles. The van der Waals surface area contributed by atoms with Gasteiger partial charge >= 0.3 is 11.9 Å². The van der Waals surface area contributed by atoms with E-state index in [0.717, 1.165) is 0 Å². The number of carbonyl (C=O) groups excluding carboxylic acids is 1. The first-order chi connectivity index (χ1) is 8.41. The van der Waals surface area contributed by atoms with E-state index in [4.69, 9.17) is 21.3 Å². The van der Waals surface area contributed by atoms with Crippen LogP contribution in [0.4, 0.5) is 0 Å². The second kappa shape index (κ2) is 6.51. The van der Waals surface area contributed by atoms with Gasteiger partial charge in [-0.3, -0.25) is 9.59 Å². The van der Waals surface area contributed by atoms with Crippen LogP contribution in [-0.4, -0.2) is 35.7 Å². The monoisotopic (exact) mass is 256 g/mol. The van der Waals surface area contributed by atoms with E-state index in [9.17, 15) is 9.59 Å². The highest BCUT2D eigenvalue weighted by Crippen LogP contribution is 2.27. The molecule has 6 nitrogen and oxygen atoms in total. The number of carbonyl (C=O) groups is 2. The molecule has 0 amide bonds. The Bertz CT molecular complexity index is 354. The summed E-state index contributed by atoms with van der Waals surface area (Å²) in [6, 6.07) is -1.60. The molecule has 0 bridgehead atoms. The number of carboxylic acids is 1. The Hall–Kier alpha value is -1.40. The summed E-state index contributed by atoms with van der Waals surface area (Å²) in [4.78, 5) is 21.9. The summed E-state index contributed by atoms with van der Waals surface area (Å²) >= 11 is 0.